The van der Waals surface area contributed by atoms with Gasteiger partial charge in [0.2, 0.25) is 0 Å². The molecule has 0 N–H and O–H groups in total. The summed E-state index contributed by atoms with van der Waals surface area (Å²) in [5, 5.41) is 0. The van der Waals surface area contributed by atoms with E-state index in [1.165, 1.54) is 12.8 Å². The van der Waals surface area contributed by atoms with Crippen molar-refractivity contribution in [2.75, 3.05) is 0 Å². The molecule has 0 heteroatoms. The van der Waals surface area contributed by atoms with Crippen LogP contribution in [0.25, 0.3) is 0 Å². The van der Waals surface area contributed by atoms with Crippen LogP contribution in [0.1, 0.15) is 39.5 Å². The van der Waals surface area contributed by atoms with Gasteiger partial charge in [0.25, 0.3) is 0 Å². The maximum atomic E-state index is 2.19. The number of rotatable bonds is 8. The van der Waals surface area contributed by atoms with Crippen molar-refractivity contribution >= 4 is 0 Å². The molecule has 0 spiro atoms. The predicted molar refractivity (Wildman–Crippen MR) is 75.5 cm³/mol. The summed E-state index contributed by atoms with van der Waals surface area (Å²) in [5.74, 6) is 0. The van der Waals surface area contributed by atoms with Gasteiger partial charge in [0.05, 0.1) is 0 Å². The Balaban J connectivity index is 3.54. The maximum Gasteiger partial charge on any atom is -0.0163 e. The molecule has 0 aromatic rings. The highest BCUT2D eigenvalue weighted by Gasteiger charge is 1.70. The maximum absolute atomic E-state index is 2.19. The summed E-state index contributed by atoms with van der Waals surface area (Å²) in [6, 6.07) is 0. The molecule has 0 aliphatic carbocycles. The zero-order valence-corrected chi connectivity index (χ0v) is 10.6. The SMILES string of the molecule is CCC=CC=CCC=CC=CC=CCCC. The van der Waals surface area contributed by atoms with Crippen molar-refractivity contribution in [2.45, 2.75) is 39.5 Å². The molecule has 0 fully saturated rings. The molecule has 0 aromatic heterocycles. The first kappa shape index (κ1) is 14.7. The third kappa shape index (κ3) is 12.7. The van der Waals surface area contributed by atoms with E-state index in [1.54, 1.807) is 0 Å². The Bertz CT molecular complexity index is 262. The normalized spacial score (nSPS) is 13.4. The van der Waals surface area contributed by atoms with Gasteiger partial charge in [-0.2, -0.15) is 0 Å². The van der Waals surface area contributed by atoms with E-state index in [9.17, 15) is 0 Å². The average Bonchev–Trinajstić information content (AvgIpc) is 2.31. The first-order valence-corrected chi connectivity index (χ1v) is 6.21. The minimum atomic E-state index is 0.997. The first-order valence-electron chi connectivity index (χ1n) is 6.21. The summed E-state index contributed by atoms with van der Waals surface area (Å²) in [5.41, 5.74) is 0. The standard InChI is InChI=1S/C16H24/c1-3-5-7-9-11-13-15-16-14-12-10-8-6-4-2/h5,7-12,14-16H,3-4,6,13H2,1-2H3. The topological polar surface area (TPSA) is 0 Å². The van der Waals surface area contributed by atoms with Gasteiger partial charge in [-0.1, -0.05) is 81.0 Å². The van der Waals surface area contributed by atoms with Gasteiger partial charge in [0.15, 0.2) is 0 Å². The highest BCUT2D eigenvalue weighted by Crippen LogP contribution is 1.91. The molecule has 0 radical (unpaired) electrons. The van der Waals surface area contributed by atoms with E-state index in [1.807, 2.05) is 0 Å². The Morgan fingerprint density at radius 1 is 0.625 bits per heavy atom. The van der Waals surface area contributed by atoms with Crippen molar-refractivity contribution < 1.29 is 0 Å². The van der Waals surface area contributed by atoms with E-state index < -0.39 is 0 Å². The number of allylic oxidation sites excluding steroid dienone is 10. The molecule has 0 amide bonds. The monoisotopic (exact) mass is 216 g/mol. The first-order chi connectivity index (χ1) is 7.91. The summed E-state index contributed by atoms with van der Waals surface area (Å²) in [4.78, 5) is 0. The molecule has 0 atom stereocenters. The molecular weight excluding hydrogens is 192 g/mol. The van der Waals surface area contributed by atoms with Crippen LogP contribution in [0.2, 0.25) is 0 Å². The van der Waals surface area contributed by atoms with Gasteiger partial charge in [0.1, 0.15) is 0 Å². The average molecular weight is 216 g/mol. The van der Waals surface area contributed by atoms with E-state index in [0.717, 1.165) is 12.8 Å². The van der Waals surface area contributed by atoms with Crippen LogP contribution in [0.5, 0.6) is 0 Å². The lowest BCUT2D eigenvalue weighted by Gasteiger charge is -1.81. The zero-order chi connectivity index (χ0) is 11.9. The van der Waals surface area contributed by atoms with Crippen LogP contribution < -0.4 is 0 Å². The Hall–Kier alpha value is -1.30. The van der Waals surface area contributed by atoms with Crippen LogP contribution in [-0.2, 0) is 0 Å². The molecule has 0 aromatic carbocycles. The molecule has 88 valence electrons. The zero-order valence-electron chi connectivity index (χ0n) is 10.6. The lowest BCUT2D eigenvalue weighted by atomic mass is 10.3. The second-order valence-electron chi connectivity index (χ2n) is 3.53. The fourth-order valence-electron chi connectivity index (χ4n) is 1.08. The van der Waals surface area contributed by atoms with Gasteiger partial charge >= 0.3 is 0 Å². The highest BCUT2D eigenvalue weighted by molar-refractivity contribution is 5.12. The van der Waals surface area contributed by atoms with Crippen molar-refractivity contribution in [3.05, 3.63) is 60.8 Å². The predicted octanol–water partition coefficient (Wildman–Crippen LogP) is 5.37. The Morgan fingerprint density at radius 3 is 1.81 bits per heavy atom. The molecule has 16 heavy (non-hydrogen) atoms. The molecule has 0 saturated carbocycles. The van der Waals surface area contributed by atoms with E-state index in [2.05, 4.69) is 74.6 Å². The molecule has 0 saturated heterocycles. The van der Waals surface area contributed by atoms with Gasteiger partial charge in [-0.3, -0.25) is 0 Å². The van der Waals surface area contributed by atoms with E-state index in [0.29, 0.717) is 0 Å². The fourth-order valence-corrected chi connectivity index (χ4v) is 1.08. The van der Waals surface area contributed by atoms with Crippen molar-refractivity contribution in [3.63, 3.8) is 0 Å². The minimum absolute atomic E-state index is 0.997. The van der Waals surface area contributed by atoms with Crippen molar-refractivity contribution in [3.8, 4) is 0 Å². The van der Waals surface area contributed by atoms with Crippen molar-refractivity contribution in [1.29, 1.82) is 0 Å². The Morgan fingerprint density at radius 2 is 1.19 bits per heavy atom. The number of hydrogen-bond acceptors (Lipinski definition) is 0. The Kier molecular flexibility index (Phi) is 12.6. The second kappa shape index (κ2) is 13.7. The Labute approximate surface area is 101 Å². The summed E-state index contributed by atoms with van der Waals surface area (Å²) in [6.45, 7) is 4.33. The summed E-state index contributed by atoms with van der Waals surface area (Å²) in [6.07, 6.45) is 25.7. The van der Waals surface area contributed by atoms with Gasteiger partial charge in [0, 0.05) is 0 Å². The van der Waals surface area contributed by atoms with Crippen molar-refractivity contribution in [2.24, 2.45) is 0 Å². The van der Waals surface area contributed by atoms with Crippen LogP contribution in [0.3, 0.4) is 0 Å². The van der Waals surface area contributed by atoms with E-state index >= 15 is 0 Å². The van der Waals surface area contributed by atoms with E-state index in [4.69, 9.17) is 0 Å². The van der Waals surface area contributed by atoms with Crippen molar-refractivity contribution in [1.82, 2.24) is 0 Å². The minimum Gasteiger partial charge on any atom is -0.0848 e. The number of hydrogen-bond donors (Lipinski definition) is 0. The number of unbranched alkanes of at least 4 members (excludes halogenated alkanes) is 1. The van der Waals surface area contributed by atoms with Crippen LogP contribution in [0.4, 0.5) is 0 Å². The molecule has 0 unspecified atom stereocenters. The van der Waals surface area contributed by atoms with Gasteiger partial charge < -0.3 is 0 Å². The quantitative estimate of drug-likeness (QED) is 0.479. The summed E-state index contributed by atoms with van der Waals surface area (Å²) >= 11 is 0. The summed E-state index contributed by atoms with van der Waals surface area (Å²) in [7, 11) is 0. The fraction of sp³-hybridized carbons (Fsp3) is 0.375. The summed E-state index contributed by atoms with van der Waals surface area (Å²) < 4.78 is 0. The van der Waals surface area contributed by atoms with E-state index in [-0.39, 0.29) is 0 Å². The molecule has 0 heterocycles. The third-order valence-corrected chi connectivity index (χ3v) is 1.95. The molecule has 0 aliphatic heterocycles. The molecule has 0 bridgehead atoms. The smallest absolute Gasteiger partial charge is 0.0163 e. The van der Waals surface area contributed by atoms with Crippen LogP contribution in [0, 0.1) is 0 Å². The third-order valence-electron chi connectivity index (χ3n) is 1.95. The highest BCUT2D eigenvalue weighted by atomic mass is 13.8. The van der Waals surface area contributed by atoms with Crippen LogP contribution >= 0.6 is 0 Å². The van der Waals surface area contributed by atoms with Gasteiger partial charge in [-0.25, -0.2) is 0 Å². The van der Waals surface area contributed by atoms with Gasteiger partial charge in [-0.05, 0) is 19.3 Å². The molecule has 0 rings (SSSR count). The molecule has 0 aliphatic rings. The molecular formula is C16H24. The molecule has 0 nitrogen and oxygen atoms in total. The second-order valence-corrected chi connectivity index (χ2v) is 3.53. The lowest BCUT2D eigenvalue weighted by Crippen LogP contribution is -1.59. The van der Waals surface area contributed by atoms with Crippen LogP contribution in [-0.4, -0.2) is 0 Å². The van der Waals surface area contributed by atoms with Crippen LogP contribution in [0.15, 0.2) is 60.8 Å². The lowest BCUT2D eigenvalue weighted by molar-refractivity contribution is 0.959. The van der Waals surface area contributed by atoms with Gasteiger partial charge in [-0.15, -0.1) is 0 Å². The largest absolute Gasteiger partial charge is 0.0848 e.